The number of hydrogen-bond donors (Lipinski definition) is 2. The van der Waals surface area contributed by atoms with Crippen molar-refractivity contribution in [2.45, 2.75) is 11.4 Å². The number of rotatable bonds is 7. The van der Waals surface area contributed by atoms with Crippen molar-refractivity contribution in [1.29, 1.82) is 0 Å². The number of nitrogens with zero attached hydrogens (tertiary/aromatic N) is 1. The summed E-state index contributed by atoms with van der Waals surface area (Å²) < 4.78 is 45.5. The van der Waals surface area contributed by atoms with Crippen LogP contribution < -0.4 is 10.2 Å². The Hall–Kier alpha value is -2.33. The number of likely N-dealkylation sites (N-methyl/N-ethyl adjacent to an activating group) is 1. The first-order chi connectivity index (χ1) is 13.8. The number of nitrogens with one attached hydrogen (secondary N) is 2. The third-order valence-corrected chi connectivity index (χ3v) is 6.48. The SMILES string of the molecule is C[NH+](CC(=O)Nc1cccc(F)c1)Cc1cccc(S(=O)(=O)N2CCOCC2)c1. The molecule has 1 saturated heterocycles. The second-order valence-corrected chi connectivity index (χ2v) is 8.97. The number of halogens is 1. The normalized spacial score (nSPS) is 16.3. The third kappa shape index (κ3) is 5.83. The van der Waals surface area contributed by atoms with Crippen LogP contribution in [-0.2, 0) is 26.1 Å². The van der Waals surface area contributed by atoms with Gasteiger partial charge in [0.2, 0.25) is 10.0 Å². The first kappa shape index (κ1) is 21.4. The Bertz CT molecular complexity index is 962. The molecule has 1 amide bonds. The number of benzene rings is 2. The first-order valence-corrected chi connectivity index (χ1v) is 10.8. The summed E-state index contributed by atoms with van der Waals surface area (Å²) in [4.78, 5) is 13.3. The average Bonchev–Trinajstić information content (AvgIpc) is 2.68. The highest BCUT2D eigenvalue weighted by Crippen LogP contribution is 2.18. The molecule has 0 spiro atoms. The van der Waals surface area contributed by atoms with Gasteiger partial charge in [-0.3, -0.25) is 4.79 Å². The van der Waals surface area contributed by atoms with Crippen LogP contribution in [0.5, 0.6) is 0 Å². The molecule has 3 rings (SSSR count). The second-order valence-electron chi connectivity index (χ2n) is 7.03. The predicted octanol–water partition coefficient (Wildman–Crippen LogP) is 0.500. The molecular weight excluding hydrogens is 397 g/mol. The zero-order chi connectivity index (χ0) is 20.9. The van der Waals surface area contributed by atoms with E-state index in [4.69, 9.17) is 4.74 Å². The van der Waals surface area contributed by atoms with E-state index in [1.54, 1.807) is 24.3 Å². The third-order valence-electron chi connectivity index (χ3n) is 4.58. The number of carbonyl (C=O) groups excluding carboxylic acids is 1. The summed E-state index contributed by atoms with van der Waals surface area (Å²) in [6.07, 6.45) is 0. The number of carbonyl (C=O) groups is 1. The van der Waals surface area contributed by atoms with Crippen molar-refractivity contribution in [3.05, 3.63) is 59.9 Å². The molecule has 1 unspecified atom stereocenters. The maximum atomic E-state index is 13.2. The Morgan fingerprint density at radius 1 is 1.17 bits per heavy atom. The fourth-order valence-corrected chi connectivity index (χ4v) is 4.69. The zero-order valence-electron chi connectivity index (χ0n) is 16.2. The molecule has 2 N–H and O–H groups in total. The maximum Gasteiger partial charge on any atom is 0.279 e. The minimum atomic E-state index is -3.56. The van der Waals surface area contributed by atoms with Crippen molar-refractivity contribution in [2.75, 3.05) is 45.2 Å². The molecule has 0 saturated carbocycles. The number of hydrogen-bond acceptors (Lipinski definition) is 4. The van der Waals surface area contributed by atoms with Crippen molar-refractivity contribution >= 4 is 21.6 Å². The summed E-state index contributed by atoms with van der Waals surface area (Å²) in [7, 11) is -1.72. The minimum absolute atomic E-state index is 0.164. The predicted molar refractivity (Wildman–Crippen MR) is 107 cm³/mol. The van der Waals surface area contributed by atoms with Gasteiger partial charge in [-0.25, -0.2) is 12.8 Å². The van der Waals surface area contributed by atoms with Crippen molar-refractivity contribution in [2.24, 2.45) is 0 Å². The van der Waals surface area contributed by atoms with Gasteiger partial charge in [0.25, 0.3) is 5.91 Å². The summed E-state index contributed by atoms with van der Waals surface area (Å²) in [6.45, 7) is 2.12. The van der Waals surface area contributed by atoms with E-state index < -0.39 is 15.8 Å². The highest BCUT2D eigenvalue weighted by molar-refractivity contribution is 7.89. The lowest BCUT2D eigenvalue weighted by molar-refractivity contribution is -0.885. The van der Waals surface area contributed by atoms with Crippen LogP contribution in [0.15, 0.2) is 53.4 Å². The van der Waals surface area contributed by atoms with Crippen LogP contribution >= 0.6 is 0 Å². The Balaban J connectivity index is 1.61. The van der Waals surface area contributed by atoms with E-state index in [0.29, 0.717) is 38.5 Å². The highest BCUT2D eigenvalue weighted by atomic mass is 32.2. The molecule has 0 aliphatic carbocycles. The molecule has 0 bridgehead atoms. The van der Waals surface area contributed by atoms with Crippen LogP contribution in [-0.4, -0.2) is 58.5 Å². The van der Waals surface area contributed by atoms with Gasteiger partial charge >= 0.3 is 0 Å². The van der Waals surface area contributed by atoms with E-state index in [-0.39, 0.29) is 17.3 Å². The molecule has 0 radical (unpaired) electrons. The van der Waals surface area contributed by atoms with Crippen molar-refractivity contribution in [1.82, 2.24) is 4.31 Å². The van der Waals surface area contributed by atoms with Gasteiger partial charge in [-0.15, -0.1) is 0 Å². The molecule has 1 fully saturated rings. The van der Waals surface area contributed by atoms with Gasteiger partial charge in [0.1, 0.15) is 12.4 Å². The summed E-state index contributed by atoms with van der Waals surface area (Å²) in [5.74, 6) is -0.660. The monoisotopic (exact) mass is 422 g/mol. The van der Waals surface area contributed by atoms with Crippen molar-refractivity contribution < 1.29 is 27.2 Å². The Labute approximate surface area is 170 Å². The largest absolute Gasteiger partial charge is 0.379 e. The van der Waals surface area contributed by atoms with Gasteiger partial charge in [0, 0.05) is 24.3 Å². The molecule has 1 heterocycles. The van der Waals surface area contributed by atoms with E-state index in [0.717, 1.165) is 10.5 Å². The standard InChI is InChI=1S/C20H24FN3O4S/c1-23(15-20(25)22-18-6-3-5-17(21)13-18)14-16-4-2-7-19(12-16)29(26,27)24-8-10-28-11-9-24/h2-7,12-13H,8-11,14-15H2,1H3,(H,22,25)/p+1. The van der Waals surface area contributed by atoms with E-state index >= 15 is 0 Å². The van der Waals surface area contributed by atoms with Gasteiger partial charge in [0.05, 0.1) is 25.2 Å². The lowest BCUT2D eigenvalue weighted by Crippen LogP contribution is -3.08. The number of anilines is 1. The lowest BCUT2D eigenvalue weighted by atomic mass is 10.2. The van der Waals surface area contributed by atoms with Crippen LogP contribution in [0, 0.1) is 5.82 Å². The van der Waals surface area contributed by atoms with Crippen LogP contribution in [0.2, 0.25) is 0 Å². The zero-order valence-corrected chi connectivity index (χ0v) is 17.0. The van der Waals surface area contributed by atoms with E-state index in [1.165, 1.54) is 22.5 Å². The molecule has 2 aromatic carbocycles. The lowest BCUT2D eigenvalue weighted by Gasteiger charge is -2.26. The van der Waals surface area contributed by atoms with Gasteiger partial charge in [-0.05, 0) is 30.3 Å². The molecule has 1 aliphatic rings. The number of amides is 1. The maximum absolute atomic E-state index is 13.2. The summed E-state index contributed by atoms with van der Waals surface area (Å²) in [6, 6.07) is 12.5. The van der Waals surface area contributed by atoms with Crippen LogP contribution in [0.3, 0.4) is 0 Å². The number of sulfonamides is 1. The molecule has 1 atom stereocenters. The fourth-order valence-electron chi connectivity index (χ4n) is 3.21. The highest BCUT2D eigenvalue weighted by Gasteiger charge is 2.26. The Kier molecular flexibility index (Phi) is 6.96. The average molecular weight is 423 g/mol. The molecular formula is C20H25FN3O4S+. The van der Waals surface area contributed by atoms with Gasteiger partial charge in [-0.2, -0.15) is 4.31 Å². The molecule has 29 heavy (non-hydrogen) atoms. The number of quaternary nitrogens is 1. The molecule has 2 aromatic rings. The van der Waals surface area contributed by atoms with Crippen molar-refractivity contribution in [3.8, 4) is 0 Å². The topological polar surface area (TPSA) is 80.2 Å². The fraction of sp³-hybridized carbons (Fsp3) is 0.350. The second kappa shape index (κ2) is 9.45. The van der Waals surface area contributed by atoms with E-state index in [9.17, 15) is 17.6 Å². The van der Waals surface area contributed by atoms with Crippen molar-refractivity contribution in [3.63, 3.8) is 0 Å². The van der Waals surface area contributed by atoms with E-state index in [2.05, 4.69) is 5.32 Å². The molecule has 0 aromatic heterocycles. The van der Waals surface area contributed by atoms with Gasteiger partial charge in [0.15, 0.2) is 6.54 Å². The van der Waals surface area contributed by atoms with Gasteiger partial charge in [-0.1, -0.05) is 18.2 Å². The first-order valence-electron chi connectivity index (χ1n) is 9.38. The smallest absolute Gasteiger partial charge is 0.279 e. The molecule has 7 nitrogen and oxygen atoms in total. The molecule has 156 valence electrons. The summed E-state index contributed by atoms with van der Waals surface area (Å²) >= 11 is 0. The molecule has 1 aliphatic heterocycles. The number of morpholine rings is 1. The van der Waals surface area contributed by atoms with Crippen LogP contribution in [0.25, 0.3) is 0 Å². The summed E-state index contributed by atoms with van der Waals surface area (Å²) in [5.41, 5.74) is 1.22. The van der Waals surface area contributed by atoms with Gasteiger partial charge < -0.3 is 15.0 Å². The Morgan fingerprint density at radius 2 is 1.90 bits per heavy atom. The Morgan fingerprint density at radius 3 is 2.62 bits per heavy atom. The molecule has 9 heteroatoms. The quantitative estimate of drug-likeness (QED) is 0.681. The van der Waals surface area contributed by atoms with E-state index in [1.807, 2.05) is 13.1 Å². The minimum Gasteiger partial charge on any atom is -0.379 e. The number of ether oxygens (including phenoxy) is 1. The van der Waals surface area contributed by atoms with Crippen LogP contribution in [0.4, 0.5) is 10.1 Å². The van der Waals surface area contributed by atoms with Crippen LogP contribution in [0.1, 0.15) is 5.56 Å². The summed E-state index contributed by atoms with van der Waals surface area (Å²) in [5, 5.41) is 2.66.